The van der Waals surface area contributed by atoms with Gasteiger partial charge in [-0.05, 0) is 29.8 Å². The predicted molar refractivity (Wildman–Crippen MR) is 70.0 cm³/mol. The molecule has 1 aliphatic rings. The van der Waals surface area contributed by atoms with Crippen LogP contribution in [0, 0.1) is 0 Å². The van der Waals surface area contributed by atoms with Gasteiger partial charge < -0.3 is 19.3 Å². The number of aromatic hydroxyl groups is 1. The molecule has 0 radical (unpaired) electrons. The molecule has 3 rings (SSSR count). The standard InChI is InChI=1S/C15H14O4/c1-17-14-8-10(6-7-11(14)16)15-9-18-12-4-2-3-5-13(12)19-15/h2-8,15-16H,9H2,1H3/t15-/m1/s1. The van der Waals surface area contributed by atoms with Crippen LogP contribution in [0.25, 0.3) is 0 Å². The number of hydrogen-bond acceptors (Lipinski definition) is 4. The monoisotopic (exact) mass is 258 g/mol. The highest BCUT2D eigenvalue weighted by molar-refractivity contribution is 5.45. The summed E-state index contributed by atoms with van der Waals surface area (Å²) in [6, 6.07) is 12.7. The number of phenolic OH excluding ortho intramolecular Hbond substituents is 1. The lowest BCUT2D eigenvalue weighted by Crippen LogP contribution is -2.21. The zero-order chi connectivity index (χ0) is 13.2. The van der Waals surface area contributed by atoms with Crippen LogP contribution in [0.5, 0.6) is 23.0 Å². The first-order valence-corrected chi connectivity index (χ1v) is 6.03. The minimum atomic E-state index is -0.204. The predicted octanol–water partition coefficient (Wildman–Crippen LogP) is 2.91. The van der Waals surface area contributed by atoms with E-state index < -0.39 is 0 Å². The molecule has 0 aromatic heterocycles. The van der Waals surface area contributed by atoms with Gasteiger partial charge in [0.2, 0.25) is 0 Å². The second-order valence-corrected chi connectivity index (χ2v) is 4.30. The number of rotatable bonds is 2. The van der Waals surface area contributed by atoms with Crippen molar-refractivity contribution >= 4 is 0 Å². The van der Waals surface area contributed by atoms with Crippen molar-refractivity contribution in [2.45, 2.75) is 6.10 Å². The Morgan fingerprint density at radius 1 is 1.16 bits per heavy atom. The summed E-state index contributed by atoms with van der Waals surface area (Å²) in [5, 5.41) is 9.59. The normalized spacial score (nSPS) is 17.0. The molecule has 4 heteroatoms. The van der Waals surface area contributed by atoms with Gasteiger partial charge in [-0.15, -0.1) is 0 Å². The van der Waals surface area contributed by atoms with Gasteiger partial charge in [0.15, 0.2) is 29.1 Å². The lowest BCUT2D eigenvalue weighted by molar-refractivity contribution is 0.0911. The average molecular weight is 258 g/mol. The fourth-order valence-corrected chi connectivity index (χ4v) is 2.08. The van der Waals surface area contributed by atoms with Crippen LogP contribution in [0.3, 0.4) is 0 Å². The van der Waals surface area contributed by atoms with E-state index in [-0.39, 0.29) is 11.9 Å². The molecule has 4 nitrogen and oxygen atoms in total. The molecule has 0 saturated carbocycles. The molecule has 2 aromatic carbocycles. The Hall–Kier alpha value is -2.36. The summed E-state index contributed by atoms with van der Waals surface area (Å²) >= 11 is 0. The summed E-state index contributed by atoms with van der Waals surface area (Å²) in [6.45, 7) is 0.435. The summed E-state index contributed by atoms with van der Waals surface area (Å²) in [7, 11) is 1.52. The Kier molecular flexibility index (Phi) is 2.91. The summed E-state index contributed by atoms with van der Waals surface area (Å²) in [5.74, 6) is 2.03. The third-order valence-corrected chi connectivity index (χ3v) is 3.08. The van der Waals surface area contributed by atoms with E-state index in [4.69, 9.17) is 14.2 Å². The van der Waals surface area contributed by atoms with Crippen LogP contribution in [-0.4, -0.2) is 18.8 Å². The number of phenols is 1. The SMILES string of the molecule is COc1cc([C@H]2COc3ccccc3O2)ccc1O. The molecule has 0 spiro atoms. The number of ether oxygens (including phenoxy) is 3. The Morgan fingerprint density at radius 2 is 1.95 bits per heavy atom. The van der Waals surface area contributed by atoms with Gasteiger partial charge in [-0.1, -0.05) is 18.2 Å². The summed E-state index contributed by atoms with van der Waals surface area (Å²) in [5.41, 5.74) is 0.907. The van der Waals surface area contributed by atoms with E-state index >= 15 is 0 Å². The van der Waals surface area contributed by atoms with E-state index in [0.29, 0.717) is 12.4 Å². The van der Waals surface area contributed by atoms with Crippen molar-refractivity contribution in [2.24, 2.45) is 0 Å². The van der Waals surface area contributed by atoms with Gasteiger partial charge in [0.1, 0.15) is 6.61 Å². The van der Waals surface area contributed by atoms with Gasteiger partial charge in [0.25, 0.3) is 0 Å². The van der Waals surface area contributed by atoms with Crippen molar-refractivity contribution in [1.29, 1.82) is 0 Å². The number of methoxy groups -OCH3 is 1. The van der Waals surface area contributed by atoms with E-state index in [2.05, 4.69) is 0 Å². The van der Waals surface area contributed by atoms with Crippen LogP contribution in [0.4, 0.5) is 0 Å². The maximum atomic E-state index is 9.59. The highest BCUT2D eigenvalue weighted by atomic mass is 16.6. The molecule has 1 aliphatic heterocycles. The van der Waals surface area contributed by atoms with Crippen LogP contribution in [-0.2, 0) is 0 Å². The van der Waals surface area contributed by atoms with Crippen molar-refractivity contribution in [3.8, 4) is 23.0 Å². The van der Waals surface area contributed by atoms with Gasteiger partial charge in [-0.3, -0.25) is 0 Å². The summed E-state index contributed by atoms with van der Waals surface area (Å²) in [6.07, 6.45) is -0.204. The first-order valence-electron chi connectivity index (χ1n) is 6.03. The molecule has 98 valence electrons. The fourth-order valence-electron chi connectivity index (χ4n) is 2.08. The largest absolute Gasteiger partial charge is 0.504 e. The molecule has 0 unspecified atom stereocenters. The van der Waals surface area contributed by atoms with Crippen molar-refractivity contribution in [3.63, 3.8) is 0 Å². The average Bonchev–Trinajstić information content (AvgIpc) is 2.47. The number of fused-ring (bicyclic) bond motifs is 1. The number of hydrogen-bond donors (Lipinski definition) is 1. The minimum Gasteiger partial charge on any atom is -0.504 e. The third-order valence-electron chi connectivity index (χ3n) is 3.08. The Morgan fingerprint density at radius 3 is 2.74 bits per heavy atom. The lowest BCUT2D eigenvalue weighted by atomic mass is 10.1. The first kappa shape index (κ1) is 11.7. The zero-order valence-electron chi connectivity index (χ0n) is 10.5. The van der Waals surface area contributed by atoms with Gasteiger partial charge >= 0.3 is 0 Å². The highest BCUT2D eigenvalue weighted by Gasteiger charge is 2.23. The van der Waals surface area contributed by atoms with Gasteiger partial charge in [-0.25, -0.2) is 0 Å². The lowest BCUT2D eigenvalue weighted by Gasteiger charge is -2.26. The van der Waals surface area contributed by atoms with Gasteiger partial charge in [0, 0.05) is 0 Å². The molecular formula is C15H14O4. The second kappa shape index (κ2) is 4.72. The quantitative estimate of drug-likeness (QED) is 0.899. The second-order valence-electron chi connectivity index (χ2n) is 4.30. The van der Waals surface area contributed by atoms with E-state index in [1.807, 2.05) is 24.3 Å². The Bertz CT molecular complexity index is 594. The van der Waals surface area contributed by atoms with Gasteiger partial charge in [0.05, 0.1) is 7.11 Å². The van der Waals surface area contributed by atoms with E-state index in [0.717, 1.165) is 17.1 Å². The van der Waals surface area contributed by atoms with Crippen LogP contribution in [0.2, 0.25) is 0 Å². The van der Waals surface area contributed by atoms with Crippen LogP contribution in [0.1, 0.15) is 11.7 Å². The van der Waals surface area contributed by atoms with E-state index in [1.54, 1.807) is 18.2 Å². The number of para-hydroxylation sites is 2. The molecule has 1 atom stereocenters. The Balaban J connectivity index is 1.89. The van der Waals surface area contributed by atoms with Crippen LogP contribution >= 0.6 is 0 Å². The molecule has 0 fully saturated rings. The minimum absolute atomic E-state index is 0.114. The maximum absolute atomic E-state index is 9.59. The molecule has 1 heterocycles. The van der Waals surface area contributed by atoms with E-state index in [1.165, 1.54) is 7.11 Å². The number of benzene rings is 2. The molecule has 0 saturated heterocycles. The van der Waals surface area contributed by atoms with Crippen molar-refractivity contribution in [3.05, 3.63) is 48.0 Å². The third kappa shape index (κ3) is 2.17. The summed E-state index contributed by atoms with van der Waals surface area (Å²) in [4.78, 5) is 0. The molecule has 1 N–H and O–H groups in total. The van der Waals surface area contributed by atoms with Crippen molar-refractivity contribution < 1.29 is 19.3 Å². The molecular weight excluding hydrogens is 244 g/mol. The molecule has 19 heavy (non-hydrogen) atoms. The van der Waals surface area contributed by atoms with Crippen molar-refractivity contribution in [1.82, 2.24) is 0 Å². The molecule has 0 bridgehead atoms. The maximum Gasteiger partial charge on any atom is 0.162 e. The molecule has 0 aliphatic carbocycles. The zero-order valence-corrected chi connectivity index (χ0v) is 10.5. The van der Waals surface area contributed by atoms with Crippen LogP contribution in [0.15, 0.2) is 42.5 Å². The van der Waals surface area contributed by atoms with Gasteiger partial charge in [-0.2, -0.15) is 0 Å². The van der Waals surface area contributed by atoms with E-state index in [9.17, 15) is 5.11 Å². The topological polar surface area (TPSA) is 47.9 Å². The summed E-state index contributed by atoms with van der Waals surface area (Å²) < 4.78 is 16.7. The molecule has 2 aromatic rings. The Labute approximate surface area is 111 Å². The highest BCUT2D eigenvalue weighted by Crippen LogP contribution is 2.37. The smallest absolute Gasteiger partial charge is 0.162 e. The van der Waals surface area contributed by atoms with Crippen LogP contribution < -0.4 is 14.2 Å². The van der Waals surface area contributed by atoms with Crippen molar-refractivity contribution in [2.75, 3.05) is 13.7 Å². The molecule has 0 amide bonds. The first-order chi connectivity index (χ1) is 9.28. The fraction of sp³-hybridized carbons (Fsp3) is 0.200.